The molecule has 0 radical (unpaired) electrons. The zero-order valence-electron chi connectivity index (χ0n) is 22.6. The van der Waals surface area contributed by atoms with E-state index in [9.17, 15) is 19.5 Å². The smallest absolute Gasteiger partial charge is 0.249 e. The van der Waals surface area contributed by atoms with Crippen LogP contribution >= 0.6 is 0 Å². The third-order valence-electron chi connectivity index (χ3n) is 8.80. The van der Waals surface area contributed by atoms with Crippen molar-refractivity contribution in [1.29, 1.82) is 0 Å². The van der Waals surface area contributed by atoms with Crippen molar-refractivity contribution in [3.63, 3.8) is 0 Å². The van der Waals surface area contributed by atoms with E-state index in [1.807, 2.05) is 61.6 Å². The number of hydrogen-bond acceptors (Lipinski definition) is 5. The number of anilines is 1. The number of carbonyl (C=O) groups is 3. The Balaban J connectivity index is 1.63. The molecule has 204 valence electrons. The van der Waals surface area contributed by atoms with Gasteiger partial charge in [0.1, 0.15) is 11.6 Å². The molecule has 4 aliphatic rings. The molecule has 1 N–H and O–H groups in total. The first kappa shape index (κ1) is 26.6. The Labute approximate surface area is 224 Å². The first-order valence-corrected chi connectivity index (χ1v) is 14.0. The lowest BCUT2D eigenvalue weighted by atomic mass is 9.73. The van der Waals surface area contributed by atoms with E-state index in [1.165, 1.54) is 4.90 Å². The van der Waals surface area contributed by atoms with Gasteiger partial charge < -0.3 is 24.5 Å². The molecule has 5 rings (SSSR count). The summed E-state index contributed by atoms with van der Waals surface area (Å²) in [6, 6.07) is 7.92. The molecule has 0 aromatic heterocycles. The molecule has 0 saturated carbocycles. The highest BCUT2D eigenvalue weighted by Gasteiger charge is 2.75. The van der Waals surface area contributed by atoms with Gasteiger partial charge in [-0.15, -0.1) is 0 Å². The lowest BCUT2D eigenvalue weighted by Crippen LogP contribution is -2.58. The van der Waals surface area contributed by atoms with Gasteiger partial charge in [-0.25, -0.2) is 0 Å². The van der Waals surface area contributed by atoms with Crippen molar-refractivity contribution in [2.45, 2.75) is 69.7 Å². The highest BCUT2D eigenvalue weighted by Crippen LogP contribution is 2.59. The highest BCUT2D eigenvalue weighted by molar-refractivity contribution is 6.04. The van der Waals surface area contributed by atoms with Gasteiger partial charge in [-0.05, 0) is 31.9 Å². The summed E-state index contributed by atoms with van der Waals surface area (Å²) < 4.78 is 6.96. The second kappa shape index (κ2) is 10.3. The van der Waals surface area contributed by atoms with Crippen LogP contribution in [0.2, 0.25) is 0 Å². The Hall–Kier alpha value is -2.97. The molecule has 0 aliphatic carbocycles. The number of hydrogen-bond donors (Lipinski definition) is 1. The van der Waals surface area contributed by atoms with Crippen LogP contribution in [0.4, 0.5) is 5.69 Å². The van der Waals surface area contributed by atoms with E-state index < -0.39 is 35.1 Å². The molecule has 2 fully saturated rings. The molecule has 1 aromatic carbocycles. The minimum absolute atomic E-state index is 0.179. The predicted octanol–water partition coefficient (Wildman–Crippen LogP) is 2.92. The number of aliphatic hydroxyl groups excluding tert-OH is 1. The van der Waals surface area contributed by atoms with Gasteiger partial charge in [-0.1, -0.05) is 69.2 Å². The van der Waals surface area contributed by atoms with E-state index in [1.54, 1.807) is 16.7 Å². The summed E-state index contributed by atoms with van der Waals surface area (Å²) >= 11 is 0. The third-order valence-corrected chi connectivity index (χ3v) is 8.80. The standard InChI is InChI=1S/C30H39N3O5/c1-4-6-10-17-31-18-12-16-30-24(27(36)33(21(3)20-34)25(30)28(31)37)23-26(35)32(22-13-8-7-9-14-22)19-11-15-29(23,5-2)38-30/h7-9,11-16,21,23-25,34H,4-6,10,17-20H2,1-3H3/t21-,23-,24+,25?,29+,30+/m1/s1. The summed E-state index contributed by atoms with van der Waals surface area (Å²) in [4.78, 5) is 47.9. The SMILES string of the molecule is CCCCCN1CC=C[C@]23O[C@@]4(CC)C=CCN(c5ccccc5)C(=O)[C@H]4[C@H]2C(=O)N([C@H](C)CO)C3C1=O. The third kappa shape index (κ3) is 3.92. The number of nitrogens with zero attached hydrogens (tertiary/aromatic N) is 3. The van der Waals surface area contributed by atoms with Gasteiger partial charge in [-0.3, -0.25) is 14.4 Å². The number of likely N-dealkylation sites (tertiary alicyclic amines) is 1. The second-order valence-corrected chi connectivity index (χ2v) is 11.0. The molecule has 3 amide bonds. The molecular weight excluding hydrogens is 482 g/mol. The fourth-order valence-electron chi connectivity index (χ4n) is 6.90. The van der Waals surface area contributed by atoms with E-state index in [-0.39, 0.29) is 24.3 Å². The molecule has 1 aromatic rings. The molecule has 38 heavy (non-hydrogen) atoms. The molecule has 1 spiro atoms. The summed E-state index contributed by atoms with van der Waals surface area (Å²) in [7, 11) is 0. The van der Waals surface area contributed by atoms with Crippen molar-refractivity contribution in [1.82, 2.24) is 9.80 Å². The molecule has 6 atom stereocenters. The highest BCUT2D eigenvalue weighted by atomic mass is 16.5. The van der Waals surface area contributed by atoms with Crippen molar-refractivity contribution in [3.05, 3.63) is 54.6 Å². The molecule has 2 saturated heterocycles. The number of amides is 3. The fraction of sp³-hybridized carbons (Fsp3) is 0.567. The van der Waals surface area contributed by atoms with Crippen molar-refractivity contribution >= 4 is 23.4 Å². The van der Waals surface area contributed by atoms with Gasteiger partial charge in [0.25, 0.3) is 0 Å². The number of unbranched alkanes of at least 4 members (excludes halogenated alkanes) is 2. The van der Waals surface area contributed by atoms with Crippen LogP contribution in [-0.4, -0.2) is 82.2 Å². The topological polar surface area (TPSA) is 90.4 Å². The van der Waals surface area contributed by atoms with E-state index in [2.05, 4.69) is 6.92 Å². The van der Waals surface area contributed by atoms with Crippen LogP contribution in [0.5, 0.6) is 0 Å². The van der Waals surface area contributed by atoms with Crippen LogP contribution < -0.4 is 4.90 Å². The quantitative estimate of drug-likeness (QED) is 0.420. The monoisotopic (exact) mass is 521 g/mol. The summed E-state index contributed by atoms with van der Waals surface area (Å²) in [6.07, 6.45) is 11.1. The van der Waals surface area contributed by atoms with Gasteiger partial charge in [0.2, 0.25) is 17.7 Å². The molecule has 0 bridgehead atoms. The number of benzene rings is 1. The zero-order chi connectivity index (χ0) is 27.1. The summed E-state index contributed by atoms with van der Waals surface area (Å²) in [5, 5.41) is 10.1. The molecular formula is C30H39N3O5. The Morgan fingerprint density at radius 2 is 1.71 bits per heavy atom. The van der Waals surface area contributed by atoms with E-state index in [0.717, 1.165) is 24.9 Å². The number of carbonyl (C=O) groups excluding carboxylic acids is 3. The molecule has 8 heteroatoms. The largest absolute Gasteiger partial charge is 0.394 e. The van der Waals surface area contributed by atoms with Crippen molar-refractivity contribution < 1.29 is 24.2 Å². The number of ether oxygens (including phenoxy) is 1. The Morgan fingerprint density at radius 3 is 2.39 bits per heavy atom. The van der Waals surface area contributed by atoms with Crippen LogP contribution in [-0.2, 0) is 19.1 Å². The average Bonchev–Trinajstić information content (AvgIpc) is 3.23. The van der Waals surface area contributed by atoms with Gasteiger partial charge in [0, 0.05) is 25.3 Å². The van der Waals surface area contributed by atoms with Crippen molar-refractivity contribution in [2.75, 3.05) is 31.1 Å². The van der Waals surface area contributed by atoms with Crippen LogP contribution in [0.3, 0.4) is 0 Å². The van der Waals surface area contributed by atoms with Crippen LogP contribution in [0.15, 0.2) is 54.6 Å². The maximum atomic E-state index is 14.4. The first-order chi connectivity index (χ1) is 18.3. The maximum absolute atomic E-state index is 14.4. The van der Waals surface area contributed by atoms with Crippen LogP contribution in [0.1, 0.15) is 46.5 Å². The Bertz CT molecular complexity index is 1140. The average molecular weight is 522 g/mol. The summed E-state index contributed by atoms with van der Waals surface area (Å²) in [5.41, 5.74) is -1.56. The normalized spacial score (nSPS) is 33.2. The molecule has 1 unspecified atom stereocenters. The van der Waals surface area contributed by atoms with Gasteiger partial charge in [-0.2, -0.15) is 0 Å². The lowest BCUT2D eigenvalue weighted by molar-refractivity contribution is -0.155. The minimum Gasteiger partial charge on any atom is -0.394 e. The number of fused-ring (bicyclic) bond motifs is 2. The number of rotatable bonds is 8. The van der Waals surface area contributed by atoms with Gasteiger partial charge in [0.05, 0.1) is 30.1 Å². The number of aliphatic hydroxyl groups is 1. The molecule has 4 heterocycles. The fourth-order valence-corrected chi connectivity index (χ4v) is 6.90. The van der Waals surface area contributed by atoms with Crippen molar-refractivity contribution in [2.24, 2.45) is 11.8 Å². The first-order valence-electron chi connectivity index (χ1n) is 14.0. The van der Waals surface area contributed by atoms with E-state index >= 15 is 0 Å². The van der Waals surface area contributed by atoms with E-state index in [0.29, 0.717) is 26.1 Å². The zero-order valence-corrected chi connectivity index (χ0v) is 22.6. The summed E-state index contributed by atoms with van der Waals surface area (Å²) in [6.45, 7) is 6.93. The predicted molar refractivity (Wildman–Crippen MR) is 144 cm³/mol. The van der Waals surface area contributed by atoms with Gasteiger partial charge >= 0.3 is 0 Å². The van der Waals surface area contributed by atoms with E-state index in [4.69, 9.17) is 4.74 Å². The second-order valence-electron chi connectivity index (χ2n) is 11.0. The van der Waals surface area contributed by atoms with Crippen LogP contribution in [0, 0.1) is 11.8 Å². The Morgan fingerprint density at radius 1 is 0.974 bits per heavy atom. The minimum atomic E-state index is -1.29. The summed E-state index contributed by atoms with van der Waals surface area (Å²) in [5.74, 6) is -2.34. The molecule has 8 nitrogen and oxygen atoms in total. The van der Waals surface area contributed by atoms with Gasteiger partial charge in [0.15, 0.2) is 0 Å². The Kier molecular flexibility index (Phi) is 7.22. The number of para-hydroxylation sites is 1. The maximum Gasteiger partial charge on any atom is 0.249 e. The van der Waals surface area contributed by atoms with Crippen LogP contribution in [0.25, 0.3) is 0 Å². The lowest BCUT2D eigenvalue weighted by Gasteiger charge is -2.40. The van der Waals surface area contributed by atoms with Crippen molar-refractivity contribution in [3.8, 4) is 0 Å². The molecule has 4 aliphatic heterocycles.